The lowest BCUT2D eigenvalue weighted by molar-refractivity contribution is 0.0766. The topological polar surface area (TPSA) is 46.3 Å². The molecule has 0 aliphatic carbocycles. The minimum atomic E-state index is -0.271. The third-order valence-corrected chi connectivity index (χ3v) is 3.30. The first-order chi connectivity index (χ1) is 9.13. The maximum Gasteiger partial charge on any atom is 0.254 e. The van der Waals surface area contributed by atoms with Crippen LogP contribution in [-0.2, 0) is 13.1 Å². The van der Waals surface area contributed by atoms with Crippen molar-refractivity contribution in [1.29, 1.82) is 0 Å². The molecular formula is C15H13FN2O. The van der Waals surface area contributed by atoms with Gasteiger partial charge in [0, 0.05) is 24.3 Å². The van der Waals surface area contributed by atoms with Gasteiger partial charge in [0.15, 0.2) is 0 Å². The highest BCUT2D eigenvalue weighted by atomic mass is 19.1. The van der Waals surface area contributed by atoms with Gasteiger partial charge in [-0.2, -0.15) is 0 Å². The zero-order valence-electron chi connectivity index (χ0n) is 10.3. The van der Waals surface area contributed by atoms with E-state index in [1.165, 1.54) is 12.1 Å². The first-order valence-electron chi connectivity index (χ1n) is 6.05. The Morgan fingerprint density at radius 3 is 2.63 bits per heavy atom. The first-order valence-corrected chi connectivity index (χ1v) is 6.05. The van der Waals surface area contributed by atoms with Crippen LogP contribution in [0.3, 0.4) is 0 Å². The Morgan fingerprint density at radius 2 is 1.89 bits per heavy atom. The maximum absolute atomic E-state index is 12.8. The van der Waals surface area contributed by atoms with Gasteiger partial charge in [0.1, 0.15) is 5.82 Å². The van der Waals surface area contributed by atoms with Gasteiger partial charge in [-0.3, -0.25) is 4.79 Å². The molecule has 0 spiro atoms. The summed E-state index contributed by atoms with van der Waals surface area (Å²) in [6, 6.07) is 11.6. The Morgan fingerprint density at radius 1 is 1.16 bits per heavy atom. The van der Waals surface area contributed by atoms with Gasteiger partial charge < -0.3 is 10.6 Å². The number of anilines is 1. The third-order valence-electron chi connectivity index (χ3n) is 3.30. The van der Waals surface area contributed by atoms with Crippen LogP contribution < -0.4 is 5.73 Å². The Kier molecular flexibility index (Phi) is 2.71. The van der Waals surface area contributed by atoms with E-state index >= 15 is 0 Å². The molecule has 1 heterocycles. The summed E-state index contributed by atoms with van der Waals surface area (Å²) in [5, 5.41) is 0. The van der Waals surface area contributed by atoms with E-state index in [9.17, 15) is 9.18 Å². The predicted octanol–water partition coefficient (Wildman–Crippen LogP) is 2.56. The molecule has 0 bridgehead atoms. The molecule has 0 atom stereocenters. The average Bonchev–Trinajstić information content (AvgIpc) is 2.70. The molecule has 3 nitrogen and oxygen atoms in total. The van der Waals surface area contributed by atoms with E-state index in [-0.39, 0.29) is 11.7 Å². The fourth-order valence-corrected chi connectivity index (χ4v) is 2.32. The number of halogens is 1. The van der Waals surface area contributed by atoms with E-state index in [1.807, 2.05) is 6.07 Å². The van der Waals surface area contributed by atoms with E-state index < -0.39 is 0 Å². The number of nitrogens with two attached hydrogens (primary N) is 1. The number of fused-ring (bicyclic) bond motifs is 1. The Labute approximate surface area is 110 Å². The van der Waals surface area contributed by atoms with Crippen LogP contribution in [0.1, 0.15) is 21.5 Å². The van der Waals surface area contributed by atoms with Crippen LogP contribution in [0.5, 0.6) is 0 Å². The van der Waals surface area contributed by atoms with Crippen molar-refractivity contribution in [3.63, 3.8) is 0 Å². The van der Waals surface area contributed by atoms with Crippen LogP contribution >= 0.6 is 0 Å². The van der Waals surface area contributed by atoms with Crippen molar-refractivity contribution in [3.8, 4) is 0 Å². The molecule has 0 saturated heterocycles. The number of carbonyl (C=O) groups is 1. The summed E-state index contributed by atoms with van der Waals surface area (Å²) in [6.45, 7) is 1.06. The minimum absolute atomic E-state index is 0.0216. The van der Waals surface area contributed by atoms with Gasteiger partial charge in [-0.25, -0.2) is 4.39 Å². The van der Waals surface area contributed by atoms with Crippen molar-refractivity contribution < 1.29 is 9.18 Å². The quantitative estimate of drug-likeness (QED) is 0.839. The third kappa shape index (κ3) is 2.17. The molecule has 4 heteroatoms. The zero-order valence-corrected chi connectivity index (χ0v) is 10.3. The molecular weight excluding hydrogens is 243 g/mol. The van der Waals surface area contributed by atoms with E-state index in [1.54, 1.807) is 29.2 Å². The van der Waals surface area contributed by atoms with E-state index in [0.29, 0.717) is 24.3 Å². The summed E-state index contributed by atoms with van der Waals surface area (Å²) < 4.78 is 12.8. The SMILES string of the molecule is Nc1ccc2c(c1)C(=O)N(Cc1ccc(F)cc1)C2. The fourth-order valence-electron chi connectivity index (χ4n) is 2.32. The maximum atomic E-state index is 12.8. The van der Waals surface area contributed by atoms with Gasteiger partial charge >= 0.3 is 0 Å². The van der Waals surface area contributed by atoms with Crippen LogP contribution in [0.4, 0.5) is 10.1 Å². The van der Waals surface area contributed by atoms with Gasteiger partial charge in [0.05, 0.1) is 0 Å². The molecule has 0 aromatic heterocycles. The second-order valence-corrected chi connectivity index (χ2v) is 4.70. The number of carbonyl (C=O) groups excluding carboxylic acids is 1. The molecule has 3 rings (SSSR count). The zero-order chi connectivity index (χ0) is 13.4. The number of benzene rings is 2. The number of nitrogen functional groups attached to an aromatic ring is 1. The number of rotatable bonds is 2. The van der Waals surface area contributed by atoms with Crippen molar-refractivity contribution in [2.75, 3.05) is 5.73 Å². The van der Waals surface area contributed by atoms with Gasteiger partial charge in [-0.05, 0) is 35.4 Å². The lowest BCUT2D eigenvalue weighted by Crippen LogP contribution is -2.23. The van der Waals surface area contributed by atoms with E-state index in [0.717, 1.165) is 11.1 Å². The van der Waals surface area contributed by atoms with Crippen LogP contribution in [-0.4, -0.2) is 10.8 Å². The number of nitrogens with zero attached hydrogens (tertiary/aromatic N) is 1. The Bertz CT molecular complexity index is 637. The fraction of sp³-hybridized carbons (Fsp3) is 0.133. The van der Waals surface area contributed by atoms with Gasteiger partial charge in [-0.15, -0.1) is 0 Å². The Balaban J connectivity index is 1.82. The number of hydrogen-bond acceptors (Lipinski definition) is 2. The van der Waals surface area contributed by atoms with Crippen LogP contribution in [0, 0.1) is 5.82 Å². The molecule has 1 aliphatic rings. The van der Waals surface area contributed by atoms with Crippen LogP contribution in [0.2, 0.25) is 0 Å². The molecule has 0 radical (unpaired) electrons. The van der Waals surface area contributed by atoms with E-state index in [2.05, 4.69) is 0 Å². The highest BCUT2D eigenvalue weighted by molar-refractivity contribution is 5.99. The van der Waals surface area contributed by atoms with Crippen molar-refractivity contribution in [2.24, 2.45) is 0 Å². The lowest BCUT2D eigenvalue weighted by atomic mass is 10.1. The molecule has 19 heavy (non-hydrogen) atoms. The van der Waals surface area contributed by atoms with Gasteiger partial charge in [-0.1, -0.05) is 18.2 Å². The molecule has 0 fully saturated rings. The first kappa shape index (κ1) is 11.7. The predicted molar refractivity (Wildman–Crippen MR) is 70.8 cm³/mol. The summed E-state index contributed by atoms with van der Waals surface area (Å²) in [5.74, 6) is -0.292. The smallest absolute Gasteiger partial charge is 0.254 e. The second kappa shape index (κ2) is 4.39. The van der Waals surface area contributed by atoms with Crippen LogP contribution in [0.25, 0.3) is 0 Å². The summed E-state index contributed by atoms with van der Waals surface area (Å²) >= 11 is 0. The number of hydrogen-bond donors (Lipinski definition) is 1. The number of amides is 1. The summed E-state index contributed by atoms with van der Waals surface area (Å²) in [7, 11) is 0. The molecule has 1 aliphatic heterocycles. The summed E-state index contributed by atoms with van der Waals surface area (Å²) in [4.78, 5) is 14.0. The standard InChI is InChI=1S/C15H13FN2O/c16-12-4-1-10(2-5-12)8-18-9-11-3-6-13(17)7-14(11)15(18)19/h1-7H,8-9,17H2. The van der Waals surface area contributed by atoms with Crippen molar-refractivity contribution in [2.45, 2.75) is 13.1 Å². The highest BCUT2D eigenvalue weighted by Gasteiger charge is 2.27. The van der Waals surface area contributed by atoms with E-state index in [4.69, 9.17) is 5.73 Å². The molecule has 2 N–H and O–H groups in total. The molecule has 2 aromatic carbocycles. The van der Waals surface area contributed by atoms with Crippen molar-refractivity contribution in [3.05, 3.63) is 65.0 Å². The largest absolute Gasteiger partial charge is 0.399 e. The van der Waals surface area contributed by atoms with Crippen molar-refractivity contribution >= 4 is 11.6 Å². The lowest BCUT2D eigenvalue weighted by Gasteiger charge is -2.15. The normalized spacial score (nSPS) is 13.7. The van der Waals surface area contributed by atoms with Gasteiger partial charge in [0.25, 0.3) is 5.91 Å². The summed E-state index contributed by atoms with van der Waals surface area (Å²) in [6.07, 6.45) is 0. The molecule has 96 valence electrons. The monoisotopic (exact) mass is 256 g/mol. The van der Waals surface area contributed by atoms with Crippen LogP contribution in [0.15, 0.2) is 42.5 Å². The molecule has 0 unspecified atom stereocenters. The Hall–Kier alpha value is -2.36. The van der Waals surface area contributed by atoms with Crippen molar-refractivity contribution in [1.82, 2.24) is 4.90 Å². The minimum Gasteiger partial charge on any atom is -0.399 e. The summed E-state index contributed by atoms with van der Waals surface area (Å²) in [5.41, 5.74) is 8.86. The highest BCUT2D eigenvalue weighted by Crippen LogP contribution is 2.26. The second-order valence-electron chi connectivity index (χ2n) is 4.70. The van der Waals surface area contributed by atoms with Gasteiger partial charge in [0.2, 0.25) is 0 Å². The average molecular weight is 256 g/mol. The molecule has 2 aromatic rings. The molecule has 1 amide bonds. The molecule has 0 saturated carbocycles.